The second-order valence-corrected chi connectivity index (χ2v) is 4.52. The second kappa shape index (κ2) is 4.95. The minimum absolute atomic E-state index is 0.324. The molecule has 0 fully saturated rings. The van der Waals surface area contributed by atoms with Crippen LogP contribution >= 0.6 is 11.6 Å². The summed E-state index contributed by atoms with van der Waals surface area (Å²) in [6, 6.07) is 2.42. The van der Waals surface area contributed by atoms with Gasteiger partial charge >= 0.3 is 0 Å². The van der Waals surface area contributed by atoms with Gasteiger partial charge in [-0.15, -0.1) is 0 Å². The molecule has 110 valence electrons. The molecule has 0 saturated heterocycles. The molecule has 21 heavy (non-hydrogen) atoms. The number of halogens is 1. The Kier molecular flexibility index (Phi) is 3.44. The van der Waals surface area contributed by atoms with Crippen molar-refractivity contribution in [3.8, 4) is 34.5 Å². The maximum absolute atomic E-state index is 12.2. The Morgan fingerprint density at radius 1 is 0.762 bits per heavy atom. The maximum Gasteiger partial charge on any atom is 0.200 e. The number of ketones is 1. The molecule has 0 bridgehead atoms. The Hall–Kier alpha value is -2.80. The zero-order valence-corrected chi connectivity index (χ0v) is 11.0. The van der Waals surface area contributed by atoms with Gasteiger partial charge < -0.3 is 30.6 Å². The zero-order chi connectivity index (χ0) is 15.9. The molecule has 0 amide bonds. The number of benzene rings is 2. The quantitative estimate of drug-likeness (QED) is 0.367. The van der Waals surface area contributed by atoms with Gasteiger partial charge in [0.05, 0.1) is 0 Å². The van der Waals surface area contributed by atoms with Crippen molar-refractivity contribution in [1.82, 2.24) is 0 Å². The van der Waals surface area contributed by atoms with E-state index in [9.17, 15) is 35.4 Å². The average Bonchev–Trinajstić information content (AvgIpc) is 2.41. The topological polar surface area (TPSA) is 138 Å². The fourth-order valence-electron chi connectivity index (χ4n) is 1.72. The van der Waals surface area contributed by atoms with Crippen molar-refractivity contribution in [2.45, 2.75) is 0 Å². The third kappa shape index (κ3) is 2.34. The van der Waals surface area contributed by atoms with Crippen LogP contribution in [0.5, 0.6) is 34.5 Å². The van der Waals surface area contributed by atoms with Gasteiger partial charge in [0.2, 0.25) is 5.78 Å². The molecular weight excluding hydrogens is 304 g/mol. The molecule has 7 nitrogen and oxygen atoms in total. The number of carbonyl (C=O) groups excluding carboxylic acids is 1. The Morgan fingerprint density at radius 2 is 1.29 bits per heavy atom. The minimum atomic E-state index is -0.988. The summed E-state index contributed by atoms with van der Waals surface area (Å²) in [5.41, 5.74) is -0.947. The molecule has 0 aliphatic rings. The molecule has 0 aliphatic heterocycles. The van der Waals surface area contributed by atoms with E-state index >= 15 is 0 Å². The first-order chi connectivity index (χ1) is 9.73. The van der Waals surface area contributed by atoms with Crippen LogP contribution in [0, 0.1) is 0 Å². The van der Waals surface area contributed by atoms with E-state index in [2.05, 4.69) is 0 Å². The summed E-state index contributed by atoms with van der Waals surface area (Å²) in [7, 11) is 0. The van der Waals surface area contributed by atoms with Crippen LogP contribution in [-0.4, -0.2) is 36.4 Å². The number of hydrogen-bond acceptors (Lipinski definition) is 7. The van der Waals surface area contributed by atoms with Crippen molar-refractivity contribution in [2.24, 2.45) is 0 Å². The molecule has 6 N–H and O–H groups in total. The highest BCUT2D eigenvalue weighted by atomic mass is 35.5. The van der Waals surface area contributed by atoms with Crippen LogP contribution in [0.4, 0.5) is 0 Å². The summed E-state index contributed by atoms with van der Waals surface area (Å²) < 4.78 is 0. The molecule has 0 aromatic heterocycles. The smallest absolute Gasteiger partial charge is 0.200 e. The van der Waals surface area contributed by atoms with Crippen LogP contribution < -0.4 is 0 Å². The molecule has 0 spiro atoms. The zero-order valence-electron chi connectivity index (χ0n) is 10.2. The number of phenols is 6. The van der Waals surface area contributed by atoms with Crippen LogP contribution in [0.3, 0.4) is 0 Å². The Balaban J connectivity index is 2.64. The molecule has 2 rings (SSSR count). The van der Waals surface area contributed by atoms with Crippen LogP contribution in [0.15, 0.2) is 18.2 Å². The summed E-state index contributed by atoms with van der Waals surface area (Å²) in [6.45, 7) is 0. The van der Waals surface area contributed by atoms with Crippen molar-refractivity contribution >= 4 is 17.4 Å². The van der Waals surface area contributed by atoms with E-state index in [0.29, 0.717) is 0 Å². The monoisotopic (exact) mass is 312 g/mol. The molecule has 0 heterocycles. The maximum atomic E-state index is 12.2. The highest BCUT2D eigenvalue weighted by Crippen LogP contribution is 2.43. The Bertz CT molecular complexity index is 732. The standard InChI is InChI=1S/C13H9ClO7/c14-10-6(16)3-5(15)9(13(10)21)11(19)4-1-7(17)12(20)8(18)2-4/h1-3,15-18,20-21H. The van der Waals surface area contributed by atoms with E-state index in [4.69, 9.17) is 11.6 Å². The molecular formula is C13H9ClO7. The summed E-state index contributed by atoms with van der Waals surface area (Å²) >= 11 is 5.57. The summed E-state index contributed by atoms with van der Waals surface area (Å²) in [6.07, 6.45) is 0. The van der Waals surface area contributed by atoms with E-state index in [0.717, 1.165) is 18.2 Å². The van der Waals surface area contributed by atoms with Gasteiger partial charge in [-0.1, -0.05) is 11.6 Å². The van der Waals surface area contributed by atoms with Crippen molar-refractivity contribution in [2.75, 3.05) is 0 Å². The predicted molar refractivity (Wildman–Crippen MR) is 71.3 cm³/mol. The van der Waals surface area contributed by atoms with E-state index in [1.54, 1.807) is 0 Å². The molecule has 0 aliphatic carbocycles. The molecule has 0 atom stereocenters. The molecule has 0 unspecified atom stereocenters. The van der Waals surface area contributed by atoms with Crippen LogP contribution in [-0.2, 0) is 0 Å². The van der Waals surface area contributed by atoms with E-state index in [1.165, 1.54) is 0 Å². The van der Waals surface area contributed by atoms with Gasteiger partial charge in [0, 0.05) is 11.6 Å². The SMILES string of the molecule is O=C(c1cc(O)c(O)c(O)c1)c1c(O)cc(O)c(Cl)c1O. The van der Waals surface area contributed by atoms with Gasteiger partial charge in [-0.3, -0.25) is 4.79 Å². The van der Waals surface area contributed by atoms with Crippen LogP contribution in [0.25, 0.3) is 0 Å². The Labute approximate surface area is 122 Å². The lowest BCUT2D eigenvalue weighted by molar-refractivity contribution is 0.103. The lowest BCUT2D eigenvalue weighted by Gasteiger charge is -2.10. The van der Waals surface area contributed by atoms with Gasteiger partial charge in [0.15, 0.2) is 23.0 Å². The minimum Gasteiger partial charge on any atom is -0.507 e. The Morgan fingerprint density at radius 3 is 1.81 bits per heavy atom. The van der Waals surface area contributed by atoms with Gasteiger partial charge in [-0.05, 0) is 12.1 Å². The van der Waals surface area contributed by atoms with Gasteiger partial charge in [0.1, 0.15) is 22.1 Å². The molecule has 2 aromatic carbocycles. The number of hydrogen-bond donors (Lipinski definition) is 6. The number of phenolic OH excluding ortho intramolecular Hbond substituents is 6. The van der Waals surface area contributed by atoms with E-state index in [-0.39, 0.29) is 5.56 Å². The lowest BCUT2D eigenvalue weighted by atomic mass is 10.00. The van der Waals surface area contributed by atoms with Crippen LogP contribution in [0.2, 0.25) is 5.02 Å². The van der Waals surface area contributed by atoms with Crippen molar-refractivity contribution in [3.63, 3.8) is 0 Å². The fraction of sp³-hybridized carbons (Fsp3) is 0. The first kappa shape index (κ1) is 14.6. The number of aromatic hydroxyl groups is 6. The van der Waals surface area contributed by atoms with Crippen LogP contribution in [0.1, 0.15) is 15.9 Å². The highest BCUT2D eigenvalue weighted by molar-refractivity contribution is 6.34. The summed E-state index contributed by atoms with van der Waals surface area (Å²) in [5.74, 6) is -5.55. The summed E-state index contributed by atoms with van der Waals surface area (Å²) in [4.78, 5) is 12.2. The van der Waals surface area contributed by atoms with E-state index in [1.807, 2.05) is 0 Å². The summed E-state index contributed by atoms with van der Waals surface area (Å²) in [5, 5.41) is 56.1. The fourth-order valence-corrected chi connectivity index (χ4v) is 1.87. The average molecular weight is 313 g/mol. The predicted octanol–water partition coefficient (Wildman–Crippen LogP) is 1.80. The second-order valence-electron chi connectivity index (χ2n) is 4.14. The number of rotatable bonds is 2. The van der Waals surface area contributed by atoms with Gasteiger partial charge in [-0.25, -0.2) is 0 Å². The third-order valence-corrected chi connectivity index (χ3v) is 3.13. The first-order valence-electron chi connectivity index (χ1n) is 5.47. The molecule has 2 aromatic rings. The largest absolute Gasteiger partial charge is 0.507 e. The van der Waals surface area contributed by atoms with Gasteiger partial charge in [-0.2, -0.15) is 0 Å². The molecule has 0 radical (unpaired) electrons. The van der Waals surface area contributed by atoms with Crippen molar-refractivity contribution in [3.05, 3.63) is 34.3 Å². The third-order valence-electron chi connectivity index (χ3n) is 2.76. The number of carbonyl (C=O) groups is 1. The molecule has 0 saturated carbocycles. The lowest BCUT2D eigenvalue weighted by Crippen LogP contribution is -2.02. The van der Waals surface area contributed by atoms with Crippen molar-refractivity contribution in [1.29, 1.82) is 0 Å². The first-order valence-corrected chi connectivity index (χ1v) is 5.84. The van der Waals surface area contributed by atoms with E-state index < -0.39 is 50.9 Å². The van der Waals surface area contributed by atoms with Crippen molar-refractivity contribution < 1.29 is 35.4 Å². The molecule has 8 heteroatoms. The highest BCUT2D eigenvalue weighted by Gasteiger charge is 2.24. The van der Waals surface area contributed by atoms with Gasteiger partial charge in [0.25, 0.3) is 0 Å². The normalized spacial score (nSPS) is 10.5.